The van der Waals surface area contributed by atoms with Crippen LogP contribution in [0.25, 0.3) is 22.6 Å². The molecule has 0 radical (unpaired) electrons. The summed E-state index contributed by atoms with van der Waals surface area (Å²) in [4.78, 5) is 63.3. The normalized spacial score (nSPS) is 14.4. The fourth-order valence-corrected chi connectivity index (χ4v) is 4.20. The number of unbranched alkanes of at least 4 members (excludes halogenated alkanes) is 1. The van der Waals surface area contributed by atoms with E-state index < -0.39 is 28.2 Å². The zero-order chi connectivity index (χ0) is 25.3. The molecule has 1 aliphatic carbocycles. The molecule has 4 aromatic heterocycles. The van der Waals surface area contributed by atoms with Crippen LogP contribution in [0.3, 0.4) is 0 Å². The zero-order valence-electron chi connectivity index (χ0n) is 19.3. The number of hydrogen-bond donors (Lipinski definition) is 2. The molecule has 5 rings (SSSR count). The van der Waals surface area contributed by atoms with E-state index in [1.54, 1.807) is 18.3 Å². The Bertz CT molecular complexity index is 1630. The number of nitrogens with one attached hydrogen (secondary N) is 2. The summed E-state index contributed by atoms with van der Waals surface area (Å²) < 4.78 is 21.4. The molecule has 2 N–H and O–H groups in total. The van der Waals surface area contributed by atoms with E-state index >= 15 is 0 Å². The van der Waals surface area contributed by atoms with Gasteiger partial charge in [0.25, 0.3) is 17.0 Å². The summed E-state index contributed by atoms with van der Waals surface area (Å²) in [5, 5.41) is 3.94. The molecule has 1 fully saturated rings. The molecule has 4 aromatic rings. The van der Waals surface area contributed by atoms with Gasteiger partial charge in [0.2, 0.25) is 0 Å². The Morgan fingerprint density at radius 3 is 2.58 bits per heavy atom. The maximum atomic E-state index is 14.1. The summed E-state index contributed by atoms with van der Waals surface area (Å²) in [5.41, 5.74) is -4.22. The van der Waals surface area contributed by atoms with Gasteiger partial charge < -0.3 is 9.51 Å². The van der Waals surface area contributed by atoms with Crippen LogP contribution in [-0.4, -0.2) is 39.9 Å². The SMILES string of the molecule is O=c1[nH]c(=O)c2c([nH]1)c(=O)n(CCCCc1noc(-c3ccccn3)n1)c(=O)n2CCCC1(F)CC1. The van der Waals surface area contributed by atoms with Crippen molar-refractivity contribution in [1.29, 1.82) is 0 Å². The van der Waals surface area contributed by atoms with Gasteiger partial charge >= 0.3 is 11.4 Å². The number of H-pyrrole nitrogens is 2. The summed E-state index contributed by atoms with van der Waals surface area (Å²) in [6.45, 7) is 0.107. The first kappa shape index (κ1) is 23.6. The molecule has 0 aliphatic heterocycles. The molecule has 0 atom stereocenters. The lowest BCUT2D eigenvalue weighted by Gasteiger charge is -2.13. The third-order valence-electron chi connectivity index (χ3n) is 6.29. The van der Waals surface area contributed by atoms with Crippen molar-refractivity contribution in [2.45, 2.75) is 63.7 Å². The number of pyridine rings is 1. The number of fused-ring (bicyclic) bond motifs is 1. The largest absolute Gasteiger partial charge is 0.332 e. The monoisotopic (exact) mass is 497 g/mol. The summed E-state index contributed by atoms with van der Waals surface area (Å²) in [5.74, 6) is 0.768. The molecule has 13 heteroatoms. The molecule has 188 valence electrons. The lowest BCUT2D eigenvalue weighted by molar-refractivity contribution is 0.278. The number of halogens is 1. The molecule has 0 bridgehead atoms. The van der Waals surface area contributed by atoms with Crippen molar-refractivity contribution in [2.75, 3.05) is 0 Å². The van der Waals surface area contributed by atoms with Gasteiger partial charge in [-0.2, -0.15) is 4.98 Å². The van der Waals surface area contributed by atoms with Gasteiger partial charge in [-0.1, -0.05) is 11.2 Å². The van der Waals surface area contributed by atoms with Crippen LogP contribution in [-0.2, 0) is 19.5 Å². The molecule has 1 aliphatic rings. The van der Waals surface area contributed by atoms with Gasteiger partial charge in [-0.05, 0) is 50.7 Å². The lowest BCUT2D eigenvalue weighted by Crippen LogP contribution is -2.44. The number of aromatic nitrogens is 7. The molecule has 0 amide bonds. The van der Waals surface area contributed by atoms with Gasteiger partial charge in [-0.15, -0.1) is 0 Å². The van der Waals surface area contributed by atoms with Crippen LogP contribution in [0, 0.1) is 0 Å². The Morgan fingerprint density at radius 2 is 1.83 bits per heavy atom. The smallest absolute Gasteiger partial charge is 0.331 e. The number of alkyl halides is 1. The highest BCUT2D eigenvalue weighted by atomic mass is 19.1. The van der Waals surface area contributed by atoms with Crippen molar-refractivity contribution in [3.63, 3.8) is 0 Å². The Hall–Kier alpha value is -4.16. The highest BCUT2D eigenvalue weighted by molar-refractivity contribution is 5.71. The van der Waals surface area contributed by atoms with Gasteiger partial charge in [-0.25, -0.2) is 14.0 Å². The van der Waals surface area contributed by atoms with Crippen molar-refractivity contribution in [2.24, 2.45) is 0 Å². The molecule has 36 heavy (non-hydrogen) atoms. The molecule has 4 heterocycles. The van der Waals surface area contributed by atoms with E-state index in [1.165, 1.54) is 0 Å². The van der Waals surface area contributed by atoms with Gasteiger partial charge in [0.15, 0.2) is 5.82 Å². The Labute approximate surface area is 201 Å². The van der Waals surface area contributed by atoms with Crippen LogP contribution in [0.5, 0.6) is 0 Å². The van der Waals surface area contributed by atoms with Crippen molar-refractivity contribution >= 4 is 11.0 Å². The highest BCUT2D eigenvalue weighted by Crippen LogP contribution is 2.43. The van der Waals surface area contributed by atoms with Gasteiger partial charge in [-0.3, -0.25) is 28.7 Å². The van der Waals surface area contributed by atoms with E-state index in [0.717, 1.165) is 9.13 Å². The lowest BCUT2D eigenvalue weighted by atomic mass is 10.2. The second-order valence-electron chi connectivity index (χ2n) is 8.97. The molecule has 0 spiro atoms. The molecule has 0 aromatic carbocycles. The molecular weight excluding hydrogens is 473 g/mol. The van der Waals surface area contributed by atoms with Crippen molar-refractivity contribution in [3.05, 3.63) is 71.9 Å². The van der Waals surface area contributed by atoms with Crippen molar-refractivity contribution in [1.82, 2.24) is 34.2 Å². The Morgan fingerprint density at radius 1 is 1.03 bits per heavy atom. The second kappa shape index (κ2) is 9.47. The van der Waals surface area contributed by atoms with E-state index in [4.69, 9.17) is 4.52 Å². The fourth-order valence-electron chi connectivity index (χ4n) is 4.20. The second-order valence-corrected chi connectivity index (χ2v) is 8.97. The van der Waals surface area contributed by atoms with E-state index in [0.29, 0.717) is 55.9 Å². The predicted molar refractivity (Wildman–Crippen MR) is 126 cm³/mol. The summed E-state index contributed by atoms with van der Waals surface area (Å²) in [6, 6.07) is 5.34. The molecular formula is C23H24FN7O5. The van der Waals surface area contributed by atoms with E-state index in [9.17, 15) is 23.6 Å². The summed E-state index contributed by atoms with van der Waals surface area (Å²) in [7, 11) is 0. The predicted octanol–water partition coefficient (Wildman–Crippen LogP) is 1.29. The minimum Gasteiger partial charge on any atom is -0.332 e. The summed E-state index contributed by atoms with van der Waals surface area (Å²) in [6.07, 6.45) is 4.58. The average Bonchev–Trinajstić information content (AvgIpc) is 3.40. The van der Waals surface area contributed by atoms with E-state index in [1.807, 2.05) is 6.07 Å². The zero-order valence-corrected chi connectivity index (χ0v) is 19.3. The van der Waals surface area contributed by atoms with Crippen LogP contribution in [0.15, 0.2) is 48.1 Å². The number of aryl methyl sites for hydroxylation is 2. The average molecular weight is 497 g/mol. The fraction of sp³-hybridized carbons (Fsp3) is 0.435. The Balaban J connectivity index is 1.34. The van der Waals surface area contributed by atoms with Crippen LogP contribution in [0.1, 0.15) is 44.3 Å². The first-order valence-electron chi connectivity index (χ1n) is 11.8. The molecule has 0 unspecified atom stereocenters. The summed E-state index contributed by atoms with van der Waals surface area (Å²) >= 11 is 0. The number of hydrogen-bond acceptors (Lipinski definition) is 8. The van der Waals surface area contributed by atoms with Crippen molar-refractivity contribution < 1.29 is 8.91 Å². The number of rotatable bonds is 10. The third-order valence-corrected chi connectivity index (χ3v) is 6.29. The standard InChI is InChI=1S/C23H24FN7O5/c24-23(9-10-23)8-5-13-30-17-16(27-21(34)28-18(17)32)20(33)31(22(30)35)12-4-2-7-15-26-19(36-29-15)14-6-1-3-11-25-14/h1,3,6,11H,2,4-5,7-10,12-13H2,(H2,27,28,32,34). The van der Waals surface area contributed by atoms with E-state index in [2.05, 4.69) is 25.1 Å². The van der Waals surface area contributed by atoms with Gasteiger partial charge in [0.05, 0.1) is 0 Å². The van der Waals surface area contributed by atoms with Crippen LogP contribution < -0.4 is 22.5 Å². The van der Waals surface area contributed by atoms with Crippen LogP contribution in [0.4, 0.5) is 4.39 Å². The van der Waals surface area contributed by atoms with Crippen molar-refractivity contribution in [3.8, 4) is 11.6 Å². The maximum absolute atomic E-state index is 14.1. The van der Waals surface area contributed by atoms with Crippen LogP contribution >= 0.6 is 0 Å². The number of aromatic amines is 2. The van der Waals surface area contributed by atoms with Crippen LogP contribution in [0.2, 0.25) is 0 Å². The van der Waals surface area contributed by atoms with Gasteiger partial charge in [0, 0.05) is 25.7 Å². The number of nitrogens with zero attached hydrogens (tertiary/aromatic N) is 5. The molecule has 1 saturated carbocycles. The minimum absolute atomic E-state index is 0.0512. The first-order chi connectivity index (χ1) is 17.3. The van der Waals surface area contributed by atoms with E-state index in [-0.39, 0.29) is 30.5 Å². The topological polar surface area (TPSA) is 162 Å². The minimum atomic E-state index is -1.21. The third kappa shape index (κ3) is 4.81. The first-order valence-corrected chi connectivity index (χ1v) is 11.8. The maximum Gasteiger partial charge on any atom is 0.331 e. The Kier molecular flexibility index (Phi) is 6.20. The van der Waals surface area contributed by atoms with Gasteiger partial charge in [0.1, 0.15) is 22.4 Å². The molecule has 0 saturated heterocycles. The molecule has 12 nitrogen and oxygen atoms in total. The highest BCUT2D eigenvalue weighted by Gasteiger charge is 2.42. The quantitative estimate of drug-likeness (QED) is 0.310.